The Morgan fingerprint density at radius 3 is 2.28 bits per heavy atom. The molecule has 0 unspecified atom stereocenters. The molecule has 0 aliphatic carbocycles. The van der Waals surface area contributed by atoms with Crippen molar-refractivity contribution in [3.05, 3.63) is 87.4 Å². The maximum atomic E-state index is 13.4. The van der Waals surface area contributed by atoms with Gasteiger partial charge in [-0.2, -0.15) is 0 Å². The molecular formula is C23H17Cl2NO5S. The predicted octanol–water partition coefficient (Wildman–Crippen LogP) is 5.66. The third-order valence-corrected chi connectivity index (χ3v) is 7.53. The van der Waals surface area contributed by atoms with Crippen molar-refractivity contribution in [3.63, 3.8) is 0 Å². The van der Waals surface area contributed by atoms with Crippen molar-refractivity contribution in [2.75, 3.05) is 19.1 Å². The van der Waals surface area contributed by atoms with Crippen LogP contribution in [0, 0.1) is 0 Å². The molecule has 0 saturated heterocycles. The summed E-state index contributed by atoms with van der Waals surface area (Å²) in [4.78, 5) is 14.6. The molecule has 0 bridgehead atoms. The number of fused-ring (bicyclic) bond motifs is 1. The second kappa shape index (κ2) is 8.50. The third kappa shape index (κ3) is 3.72. The minimum Gasteiger partial charge on any atom is -0.493 e. The molecule has 3 aromatic carbocycles. The van der Waals surface area contributed by atoms with E-state index in [4.69, 9.17) is 32.7 Å². The number of nitrogens with zero attached hydrogens (tertiary/aromatic N) is 1. The molecule has 1 aliphatic heterocycles. The van der Waals surface area contributed by atoms with Crippen LogP contribution < -0.4 is 14.4 Å². The lowest BCUT2D eigenvalue weighted by Gasteiger charge is -2.29. The fourth-order valence-corrected chi connectivity index (χ4v) is 5.24. The number of methoxy groups -OCH3 is 2. The number of rotatable bonds is 5. The molecule has 4 rings (SSSR count). The Hall–Kier alpha value is -3.00. The first kappa shape index (κ1) is 22.2. The monoisotopic (exact) mass is 489 g/mol. The van der Waals surface area contributed by atoms with E-state index in [0.717, 1.165) is 0 Å². The number of carbonyl (C=O) groups excluding carboxylic acids is 1. The van der Waals surface area contributed by atoms with Gasteiger partial charge in [-0.3, -0.25) is 4.79 Å². The van der Waals surface area contributed by atoms with Gasteiger partial charge in [0, 0.05) is 17.5 Å². The van der Waals surface area contributed by atoms with Gasteiger partial charge in [-0.1, -0.05) is 35.3 Å². The van der Waals surface area contributed by atoms with Crippen LogP contribution in [0.1, 0.15) is 10.4 Å². The van der Waals surface area contributed by atoms with Crippen molar-refractivity contribution in [2.24, 2.45) is 0 Å². The second-order valence-corrected chi connectivity index (χ2v) is 9.53. The number of halogens is 2. The molecule has 0 saturated carbocycles. The summed E-state index contributed by atoms with van der Waals surface area (Å²) in [6.45, 7) is 0. The van der Waals surface area contributed by atoms with Crippen LogP contribution in [-0.4, -0.2) is 28.4 Å². The van der Waals surface area contributed by atoms with E-state index in [9.17, 15) is 13.2 Å². The van der Waals surface area contributed by atoms with Crippen LogP contribution in [0.2, 0.25) is 10.0 Å². The highest BCUT2D eigenvalue weighted by Crippen LogP contribution is 2.42. The number of ether oxygens (including phenoxy) is 2. The van der Waals surface area contributed by atoms with Gasteiger partial charge in [0.2, 0.25) is 15.6 Å². The topological polar surface area (TPSA) is 72.9 Å². The van der Waals surface area contributed by atoms with Crippen molar-refractivity contribution < 1.29 is 22.7 Å². The average molecular weight is 490 g/mol. The van der Waals surface area contributed by atoms with Crippen LogP contribution in [0.25, 0.3) is 0 Å². The smallest absolute Gasteiger partial charge is 0.214 e. The number of anilines is 2. The molecule has 0 N–H and O–H groups in total. The SMILES string of the molecule is COc1ccc(C(=O)C2=CN(c3ccc(Cl)c(Cl)c3)c3ccccc3S2(=O)=O)cc1OC. The quantitative estimate of drug-likeness (QED) is 0.430. The summed E-state index contributed by atoms with van der Waals surface area (Å²) in [5, 5.41) is 0.662. The van der Waals surface area contributed by atoms with Gasteiger partial charge in [0.25, 0.3) is 0 Å². The van der Waals surface area contributed by atoms with Gasteiger partial charge in [-0.25, -0.2) is 8.42 Å². The van der Waals surface area contributed by atoms with Crippen LogP contribution in [-0.2, 0) is 9.84 Å². The van der Waals surface area contributed by atoms with Crippen molar-refractivity contribution in [2.45, 2.75) is 4.90 Å². The number of hydrogen-bond donors (Lipinski definition) is 0. The standard InChI is InChI=1S/C23H17Cl2NO5S/c1-30-19-10-7-14(11-20(19)31-2)23(27)22-13-26(15-8-9-16(24)17(25)12-15)18-5-3-4-6-21(18)32(22,28)29/h3-13H,1-2H3. The number of ketones is 1. The summed E-state index contributed by atoms with van der Waals surface area (Å²) in [6.07, 6.45) is 1.30. The van der Waals surface area contributed by atoms with Crippen molar-refractivity contribution in [3.8, 4) is 11.5 Å². The van der Waals surface area contributed by atoms with Gasteiger partial charge in [-0.05, 0) is 48.5 Å². The van der Waals surface area contributed by atoms with Crippen LogP contribution in [0.4, 0.5) is 11.4 Å². The third-order valence-electron chi connectivity index (χ3n) is 5.00. The predicted molar refractivity (Wildman–Crippen MR) is 124 cm³/mol. The molecule has 0 spiro atoms. The zero-order valence-electron chi connectivity index (χ0n) is 17.0. The van der Waals surface area contributed by atoms with E-state index in [1.165, 1.54) is 38.6 Å². The van der Waals surface area contributed by atoms with Crippen molar-refractivity contribution in [1.29, 1.82) is 0 Å². The molecule has 3 aromatic rings. The largest absolute Gasteiger partial charge is 0.493 e. The maximum Gasteiger partial charge on any atom is 0.214 e. The zero-order valence-corrected chi connectivity index (χ0v) is 19.3. The van der Waals surface area contributed by atoms with E-state index in [0.29, 0.717) is 32.9 Å². The maximum absolute atomic E-state index is 13.4. The Morgan fingerprint density at radius 2 is 1.59 bits per heavy atom. The highest BCUT2D eigenvalue weighted by molar-refractivity contribution is 7.96. The molecule has 6 nitrogen and oxygen atoms in total. The van der Waals surface area contributed by atoms with E-state index in [1.54, 1.807) is 47.4 Å². The van der Waals surface area contributed by atoms with Gasteiger partial charge in [-0.15, -0.1) is 0 Å². The second-order valence-electron chi connectivity index (χ2n) is 6.83. The number of sulfone groups is 1. The first-order chi connectivity index (χ1) is 15.3. The summed E-state index contributed by atoms with van der Waals surface area (Å²) in [6, 6.07) is 15.8. The molecule has 1 aliphatic rings. The van der Waals surface area contributed by atoms with Gasteiger partial charge >= 0.3 is 0 Å². The minimum absolute atomic E-state index is 0.0115. The summed E-state index contributed by atoms with van der Waals surface area (Å²) >= 11 is 12.2. The number of Topliss-reactive ketones (excluding diaryl/α,β-unsaturated/α-hetero) is 1. The van der Waals surface area contributed by atoms with Crippen LogP contribution in [0.3, 0.4) is 0 Å². The molecule has 0 fully saturated rings. The van der Waals surface area contributed by atoms with E-state index >= 15 is 0 Å². The molecule has 32 heavy (non-hydrogen) atoms. The number of allylic oxidation sites excluding steroid dienone is 1. The summed E-state index contributed by atoms with van der Waals surface area (Å²) in [7, 11) is -1.18. The number of benzene rings is 3. The lowest BCUT2D eigenvalue weighted by Crippen LogP contribution is -2.25. The Bertz CT molecular complexity index is 1370. The van der Waals surface area contributed by atoms with Crippen LogP contribution >= 0.6 is 23.2 Å². The molecule has 1 heterocycles. The molecule has 9 heteroatoms. The zero-order chi connectivity index (χ0) is 23.0. The lowest BCUT2D eigenvalue weighted by molar-refractivity contribution is 0.104. The normalized spacial score (nSPS) is 14.4. The fourth-order valence-electron chi connectivity index (χ4n) is 3.41. The highest BCUT2D eigenvalue weighted by Gasteiger charge is 2.36. The summed E-state index contributed by atoms with van der Waals surface area (Å²) < 4.78 is 37.2. The molecular weight excluding hydrogens is 473 g/mol. The molecule has 0 atom stereocenters. The van der Waals surface area contributed by atoms with Gasteiger partial charge in [0.15, 0.2) is 11.5 Å². The minimum atomic E-state index is -4.09. The van der Waals surface area contributed by atoms with E-state index in [1.807, 2.05) is 0 Å². The van der Waals surface area contributed by atoms with Crippen molar-refractivity contribution >= 4 is 50.2 Å². The molecule has 0 radical (unpaired) electrons. The number of hydrogen-bond acceptors (Lipinski definition) is 6. The Balaban J connectivity index is 1.90. The van der Waals surface area contributed by atoms with E-state index < -0.39 is 15.6 Å². The Morgan fingerprint density at radius 1 is 0.875 bits per heavy atom. The van der Waals surface area contributed by atoms with Gasteiger partial charge in [0.1, 0.15) is 4.91 Å². The van der Waals surface area contributed by atoms with Gasteiger partial charge in [0.05, 0.1) is 34.8 Å². The van der Waals surface area contributed by atoms with E-state index in [-0.39, 0.29) is 15.4 Å². The Kier molecular flexibility index (Phi) is 5.90. The Labute approximate surface area is 195 Å². The molecule has 164 valence electrons. The van der Waals surface area contributed by atoms with Gasteiger partial charge < -0.3 is 14.4 Å². The first-order valence-corrected chi connectivity index (χ1v) is 11.6. The highest BCUT2D eigenvalue weighted by atomic mass is 35.5. The summed E-state index contributed by atoms with van der Waals surface area (Å²) in [5.41, 5.74) is 1.10. The number of para-hydroxylation sites is 1. The molecule has 0 aromatic heterocycles. The molecule has 0 amide bonds. The van der Waals surface area contributed by atoms with Crippen LogP contribution in [0.5, 0.6) is 11.5 Å². The average Bonchev–Trinajstić information content (AvgIpc) is 2.80. The van der Waals surface area contributed by atoms with Crippen LogP contribution in [0.15, 0.2) is 76.7 Å². The number of carbonyl (C=O) groups is 1. The fraction of sp³-hybridized carbons (Fsp3) is 0.0870. The summed E-state index contributed by atoms with van der Waals surface area (Å²) in [5.74, 6) is 0.0618. The van der Waals surface area contributed by atoms with E-state index in [2.05, 4.69) is 0 Å². The first-order valence-electron chi connectivity index (χ1n) is 9.35. The van der Waals surface area contributed by atoms with Crippen molar-refractivity contribution in [1.82, 2.24) is 0 Å². The lowest BCUT2D eigenvalue weighted by atomic mass is 10.1.